The molecule has 3 nitrogen and oxygen atoms in total. The predicted octanol–water partition coefficient (Wildman–Crippen LogP) is 6.58. The molecule has 2 N–H and O–H groups in total. The molecule has 0 aromatic heterocycles. The quantitative estimate of drug-likeness (QED) is 0.338. The monoisotopic (exact) mass is 410 g/mol. The van der Waals surface area contributed by atoms with Gasteiger partial charge in [0.15, 0.2) is 0 Å². The lowest BCUT2D eigenvalue weighted by Crippen LogP contribution is -2.55. The third-order valence-corrected chi connectivity index (χ3v) is 7.71. The molecule has 3 aliphatic rings. The van der Waals surface area contributed by atoms with Gasteiger partial charge in [0.05, 0.1) is 11.7 Å². The number of hydrogen-bond donors (Lipinski definition) is 2. The summed E-state index contributed by atoms with van der Waals surface area (Å²) in [7, 11) is 0. The van der Waals surface area contributed by atoms with Crippen LogP contribution in [0.4, 0.5) is 0 Å². The highest BCUT2D eigenvalue weighted by atomic mass is 16.4. The number of rotatable bonds is 10. The van der Waals surface area contributed by atoms with Crippen LogP contribution in [-0.4, -0.2) is 22.3 Å². The van der Waals surface area contributed by atoms with Gasteiger partial charge < -0.3 is 10.2 Å². The van der Waals surface area contributed by atoms with Crippen molar-refractivity contribution in [3.63, 3.8) is 0 Å². The van der Waals surface area contributed by atoms with Crippen LogP contribution in [0.15, 0.2) is 42.5 Å². The predicted molar refractivity (Wildman–Crippen MR) is 123 cm³/mol. The molecule has 3 saturated carbocycles. The average Bonchev–Trinajstić information content (AvgIpc) is 2.72. The summed E-state index contributed by atoms with van der Waals surface area (Å²) >= 11 is 0. The van der Waals surface area contributed by atoms with Gasteiger partial charge in [0.1, 0.15) is 0 Å². The van der Waals surface area contributed by atoms with Crippen molar-refractivity contribution in [2.75, 3.05) is 0 Å². The fourth-order valence-electron chi connectivity index (χ4n) is 5.65. The molecule has 3 heteroatoms. The standard InChI is InChI=1S/C27H38O3/c1-4-5-6-12-23(28)15-14-20-17-22-18-25(27(22,2)3)24(20)13-8-10-19-9-7-11-21(16-19)26(29)30/h7-11,14-16,20,22-25,28H,4-6,12-13,17-18H2,1-3H3,(H,29,30)/b10-8+,15-14+. The summed E-state index contributed by atoms with van der Waals surface area (Å²) in [5, 5.41) is 19.5. The molecule has 0 heterocycles. The summed E-state index contributed by atoms with van der Waals surface area (Å²) in [6.07, 6.45) is 16.2. The number of fused-ring (bicyclic) bond motifs is 2. The number of hydrogen-bond acceptors (Lipinski definition) is 2. The number of carboxylic acid groups (broad SMARTS) is 1. The van der Waals surface area contributed by atoms with Gasteiger partial charge in [0.25, 0.3) is 0 Å². The molecule has 4 rings (SSSR count). The first kappa shape index (κ1) is 22.8. The zero-order valence-corrected chi connectivity index (χ0v) is 18.8. The minimum absolute atomic E-state index is 0.322. The van der Waals surface area contributed by atoms with Crippen LogP contribution >= 0.6 is 0 Å². The number of aromatic carboxylic acids is 1. The minimum atomic E-state index is -0.887. The van der Waals surface area contributed by atoms with E-state index in [-0.39, 0.29) is 6.10 Å². The van der Waals surface area contributed by atoms with Crippen LogP contribution in [0.25, 0.3) is 6.08 Å². The van der Waals surface area contributed by atoms with Crippen molar-refractivity contribution in [1.82, 2.24) is 0 Å². The Kier molecular flexibility index (Phi) is 7.57. The Bertz CT molecular complexity index is 776. The summed E-state index contributed by atoms with van der Waals surface area (Å²) in [5.74, 6) is 1.74. The van der Waals surface area contributed by atoms with Gasteiger partial charge in [-0.3, -0.25) is 0 Å². The van der Waals surface area contributed by atoms with Crippen molar-refractivity contribution in [3.8, 4) is 0 Å². The zero-order valence-electron chi connectivity index (χ0n) is 18.8. The van der Waals surface area contributed by atoms with E-state index < -0.39 is 5.97 Å². The number of aliphatic hydroxyl groups is 1. The molecule has 5 unspecified atom stereocenters. The first-order valence-corrected chi connectivity index (χ1v) is 11.7. The lowest BCUT2D eigenvalue weighted by atomic mass is 9.43. The van der Waals surface area contributed by atoms with Crippen molar-refractivity contribution in [3.05, 3.63) is 53.6 Å². The van der Waals surface area contributed by atoms with E-state index in [1.807, 2.05) is 12.1 Å². The fourth-order valence-corrected chi connectivity index (χ4v) is 5.65. The van der Waals surface area contributed by atoms with Crippen LogP contribution in [-0.2, 0) is 0 Å². The molecule has 0 radical (unpaired) electrons. The van der Waals surface area contributed by atoms with Gasteiger partial charge in [-0.15, -0.1) is 0 Å². The first-order valence-electron chi connectivity index (χ1n) is 11.7. The van der Waals surface area contributed by atoms with Crippen molar-refractivity contribution >= 4 is 12.0 Å². The second kappa shape index (κ2) is 9.96. The number of carbonyl (C=O) groups is 1. The maximum Gasteiger partial charge on any atom is 0.335 e. The average molecular weight is 411 g/mol. The molecule has 3 fully saturated rings. The largest absolute Gasteiger partial charge is 0.478 e. The molecule has 1 aromatic rings. The van der Waals surface area contributed by atoms with E-state index in [2.05, 4.69) is 39.0 Å². The second-order valence-corrected chi connectivity index (χ2v) is 9.94. The molecular weight excluding hydrogens is 372 g/mol. The highest BCUT2D eigenvalue weighted by molar-refractivity contribution is 5.88. The van der Waals surface area contributed by atoms with Crippen LogP contribution < -0.4 is 0 Å². The molecule has 3 aliphatic carbocycles. The van der Waals surface area contributed by atoms with Crippen molar-refractivity contribution in [1.29, 1.82) is 0 Å². The van der Waals surface area contributed by atoms with E-state index >= 15 is 0 Å². The Labute approximate surface area is 181 Å². The Morgan fingerprint density at radius 2 is 2.07 bits per heavy atom. The summed E-state index contributed by atoms with van der Waals surface area (Å²) in [6, 6.07) is 7.11. The van der Waals surface area contributed by atoms with Crippen LogP contribution in [0.2, 0.25) is 0 Å². The van der Waals surface area contributed by atoms with E-state index in [1.165, 1.54) is 25.7 Å². The van der Waals surface area contributed by atoms with E-state index in [9.17, 15) is 15.0 Å². The van der Waals surface area contributed by atoms with E-state index in [0.717, 1.165) is 36.7 Å². The topological polar surface area (TPSA) is 57.5 Å². The Hall–Kier alpha value is -1.87. The molecule has 0 spiro atoms. The SMILES string of the molecule is CCCCCC(O)/C=C/C1CC2CC(C1C/C=C/c1cccc(C(=O)O)c1)C2(C)C. The summed E-state index contributed by atoms with van der Waals surface area (Å²) in [6.45, 7) is 7.02. The summed E-state index contributed by atoms with van der Waals surface area (Å²) in [5.41, 5.74) is 1.68. The molecule has 5 atom stereocenters. The number of unbranched alkanes of at least 4 members (excludes halogenated alkanes) is 2. The minimum Gasteiger partial charge on any atom is -0.478 e. The molecule has 0 aliphatic heterocycles. The van der Waals surface area contributed by atoms with Crippen LogP contribution in [0, 0.1) is 29.1 Å². The smallest absolute Gasteiger partial charge is 0.335 e. The number of carboxylic acids is 1. The molecule has 164 valence electrons. The van der Waals surface area contributed by atoms with E-state index in [0.29, 0.717) is 22.8 Å². The van der Waals surface area contributed by atoms with Gasteiger partial charge in [0.2, 0.25) is 0 Å². The van der Waals surface area contributed by atoms with E-state index in [1.54, 1.807) is 18.2 Å². The maximum absolute atomic E-state index is 11.2. The van der Waals surface area contributed by atoms with Gasteiger partial charge in [-0.25, -0.2) is 4.79 Å². The number of aliphatic hydroxyl groups excluding tert-OH is 1. The van der Waals surface area contributed by atoms with Crippen LogP contribution in [0.3, 0.4) is 0 Å². The molecule has 0 amide bonds. The van der Waals surface area contributed by atoms with Gasteiger partial charge in [0, 0.05) is 0 Å². The van der Waals surface area contributed by atoms with Gasteiger partial charge in [-0.05, 0) is 72.5 Å². The third-order valence-electron chi connectivity index (χ3n) is 7.71. The van der Waals surface area contributed by atoms with Crippen molar-refractivity contribution < 1.29 is 15.0 Å². The molecule has 0 saturated heterocycles. The Morgan fingerprint density at radius 3 is 2.77 bits per heavy atom. The second-order valence-electron chi connectivity index (χ2n) is 9.94. The first-order chi connectivity index (χ1) is 14.3. The maximum atomic E-state index is 11.2. The zero-order chi connectivity index (χ0) is 21.7. The number of benzene rings is 1. The third kappa shape index (κ3) is 5.24. The molecule has 1 aromatic carbocycles. The van der Waals surface area contributed by atoms with Gasteiger partial charge >= 0.3 is 5.97 Å². The highest BCUT2D eigenvalue weighted by Crippen LogP contribution is 2.64. The fraction of sp³-hybridized carbons (Fsp3) is 0.593. The van der Waals surface area contributed by atoms with E-state index in [4.69, 9.17) is 0 Å². The Morgan fingerprint density at radius 1 is 1.27 bits per heavy atom. The molecule has 2 bridgehead atoms. The van der Waals surface area contributed by atoms with Crippen LogP contribution in [0.5, 0.6) is 0 Å². The van der Waals surface area contributed by atoms with Gasteiger partial charge in [-0.1, -0.05) is 76.5 Å². The summed E-state index contributed by atoms with van der Waals surface area (Å²) < 4.78 is 0. The molecule has 30 heavy (non-hydrogen) atoms. The normalized spacial score (nSPS) is 28.5. The van der Waals surface area contributed by atoms with Crippen molar-refractivity contribution in [2.45, 2.75) is 71.8 Å². The Balaban J connectivity index is 1.65. The van der Waals surface area contributed by atoms with Gasteiger partial charge in [-0.2, -0.15) is 0 Å². The lowest BCUT2D eigenvalue weighted by molar-refractivity contribution is -0.123. The number of allylic oxidation sites excluding steroid dienone is 2. The van der Waals surface area contributed by atoms with Crippen molar-refractivity contribution in [2.24, 2.45) is 29.1 Å². The lowest BCUT2D eigenvalue weighted by Gasteiger charge is -2.62. The highest BCUT2D eigenvalue weighted by Gasteiger charge is 2.56. The summed E-state index contributed by atoms with van der Waals surface area (Å²) in [4.78, 5) is 11.2. The van der Waals surface area contributed by atoms with Crippen LogP contribution in [0.1, 0.15) is 81.6 Å². The molecular formula is C27H38O3.